The van der Waals surface area contributed by atoms with Crippen LogP contribution in [0.3, 0.4) is 0 Å². The van der Waals surface area contributed by atoms with Gasteiger partial charge < -0.3 is 14.8 Å². The summed E-state index contributed by atoms with van der Waals surface area (Å²) in [6.45, 7) is 3.90. The highest BCUT2D eigenvalue weighted by molar-refractivity contribution is 6.39. The zero-order chi connectivity index (χ0) is 50.5. The number of nitrogens with one attached hydrogen (secondary N) is 1. The predicted molar refractivity (Wildman–Crippen MR) is 266 cm³/mol. The maximum atomic E-state index is 13.1. The number of nitrogens with zero attached hydrogens (tertiary/aromatic N) is 8. The van der Waals surface area contributed by atoms with E-state index in [1.165, 1.54) is 65.2 Å². The number of anilines is 3. The number of benzene rings is 4. The molecule has 7 aromatic rings. The topological polar surface area (TPSA) is 151 Å². The first-order chi connectivity index (χ1) is 33.6. The Bertz CT molecular complexity index is 2830. The molecule has 3 heterocycles. The predicted octanol–water partition coefficient (Wildman–Crippen LogP) is 12.6. The molecule has 1 fully saturated rings. The van der Waals surface area contributed by atoms with Gasteiger partial charge in [-0.3, -0.25) is 19.2 Å². The molecule has 1 N–H and O–H groups in total. The van der Waals surface area contributed by atoms with Crippen LogP contribution < -0.4 is 15.1 Å². The summed E-state index contributed by atoms with van der Waals surface area (Å²) in [4.78, 5) is 43.8. The highest BCUT2D eigenvalue weighted by Crippen LogP contribution is 2.39. The van der Waals surface area contributed by atoms with Crippen molar-refractivity contribution in [2.45, 2.75) is 58.1 Å². The molecular formula is C49H49Cl4F2N9O6. The van der Waals surface area contributed by atoms with Crippen molar-refractivity contribution in [3.63, 3.8) is 0 Å². The monoisotopic (exact) mass is 1040 g/mol. The van der Waals surface area contributed by atoms with Crippen LogP contribution in [0.4, 0.5) is 30.9 Å². The lowest BCUT2D eigenvalue weighted by Crippen LogP contribution is -2.39. The zero-order valence-electron chi connectivity index (χ0n) is 38.8. The summed E-state index contributed by atoms with van der Waals surface area (Å²) in [5.41, 5.74) is 5.11. The smallest absolute Gasteiger partial charge is 0.438 e. The molecule has 1 unspecified atom stereocenters. The lowest BCUT2D eigenvalue weighted by atomic mass is 10.1. The van der Waals surface area contributed by atoms with E-state index in [2.05, 4.69) is 31.5 Å². The third-order valence-corrected chi connectivity index (χ3v) is 11.5. The van der Waals surface area contributed by atoms with Crippen molar-refractivity contribution in [2.75, 3.05) is 31.7 Å². The summed E-state index contributed by atoms with van der Waals surface area (Å²) in [6.07, 6.45) is 2.27. The van der Waals surface area contributed by atoms with Gasteiger partial charge in [0, 0.05) is 74.2 Å². The van der Waals surface area contributed by atoms with E-state index in [0.717, 1.165) is 37.4 Å². The van der Waals surface area contributed by atoms with Gasteiger partial charge in [0.05, 0.1) is 44.3 Å². The van der Waals surface area contributed by atoms with Crippen LogP contribution >= 0.6 is 46.4 Å². The van der Waals surface area contributed by atoms with Crippen LogP contribution in [0.15, 0.2) is 116 Å². The number of ether oxygens (including phenoxy) is 2. The van der Waals surface area contributed by atoms with Gasteiger partial charge in [-0.15, -0.1) is 5.10 Å². The Morgan fingerprint density at radius 3 is 2.14 bits per heavy atom. The second-order valence-corrected chi connectivity index (χ2v) is 17.3. The van der Waals surface area contributed by atoms with E-state index in [-0.39, 0.29) is 18.6 Å². The van der Waals surface area contributed by atoms with Gasteiger partial charge in [0.15, 0.2) is 0 Å². The van der Waals surface area contributed by atoms with E-state index < -0.39 is 30.2 Å². The third-order valence-electron chi connectivity index (χ3n) is 10.4. The molecule has 0 bridgehead atoms. The van der Waals surface area contributed by atoms with Crippen molar-refractivity contribution in [1.29, 1.82) is 0 Å². The van der Waals surface area contributed by atoms with Crippen LogP contribution in [0.25, 0.3) is 5.69 Å². The van der Waals surface area contributed by atoms with Crippen molar-refractivity contribution in [1.82, 2.24) is 34.6 Å². The van der Waals surface area contributed by atoms with E-state index >= 15 is 0 Å². The van der Waals surface area contributed by atoms with Gasteiger partial charge in [0.25, 0.3) is 12.3 Å². The van der Waals surface area contributed by atoms with E-state index in [1.807, 2.05) is 61.5 Å². The van der Waals surface area contributed by atoms with Crippen molar-refractivity contribution in [3.05, 3.63) is 169 Å². The van der Waals surface area contributed by atoms with Crippen LogP contribution in [0.2, 0.25) is 20.1 Å². The number of carbonyl (C=O) groups is 2. The minimum absolute atomic E-state index is 0.199. The number of aryl methyl sites for hydroxylation is 2. The zero-order valence-corrected chi connectivity index (χ0v) is 41.8. The number of alkyl halides is 2. The number of amides is 2. The molecule has 15 nitrogen and oxygen atoms in total. The second-order valence-electron chi connectivity index (χ2n) is 15.6. The average molecular weight is 1040 g/mol. The Hall–Kier alpha value is -6.34. The first-order valence-corrected chi connectivity index (χ1v) is 23.0. The Balaban J connectivity index is 0.000000176. The van der Waals surface area contributed by atoms with E-state index in [0.29, 0.717) is 49.1 Å². The maximum absolute atomic E-state index is 13.1. The maximum Gasteiger partial charge on any atom is 0.438 e. The van der Waals surface area contributed by atoms with Crippen molar-refractivity contribution in [3.8, 4) is 11.6 Å². The molecule has 21 heteroatoms. The number of carbonyl (C=O) groups excluding carboxylic acids is 2. The highest BCUT2D eigenvalue weighted by atomic mass is 35.5. The number of rotatable bonds is 15. The van der Waals surface area contributed by atoms with Gasteiger partial charge in [-0.2, -0.15) is 10.2 Å². The number of hydrogen-bond acceptors (Lipinski definition) is 11. The lowest BCUT2D eigenvalue weighted by Gasteiger charge is -2.27. The summed E-state index contributed by atoms with van der Waals surface area (Å²) in [7, 11) is 5.41. The molecule has 8 rings (SSSR count). The molecule has 1 aliphatic carbocycles. The van der Waals surface area contributed by atoms with Crippen molar-refractivity contribution < 1.29 is 37.5 Å². The molecule has 1 aliphatic rings. The summed E-state index contributed by atoms with van der Waals surface area (Å²) >= 11 is 24.1. The largest absolute Gasteiger partial charge is 0.472 e. The molecule has 3 aromatic heterocycles. The Morgan fingerprint density at radius 1 is 0.843 bits per heavy atom. The Morgan fingerprint density at radius 2 is 1.51 bits per heavy atom. The molecule has 4 aromatic carbocycles. The molecule has 0 radical (unpaired) electrons. The molecule has 70 heavy (non-hydrogen) atoms. The molecule has 0 spiro atoms. The van der Waals surface area contributed by atoms with Crippen LogP contribution in [0.5, 0.6) is 5.88 Å². The fourth-order valence-electron chi connectivity index (χ4n) is 6.91. The third kappa shape index (κ3) is 14.4. The van der Waals surface area contributed by atoms with Crippen LogP contribution in [0, 0.1) is 6.92 Å². The van der Waals surface area contributed by atoms with Gasteiger partial charge in [0.1, 0.15) is 12.3 Å². The molecule has 368 valence electrons. The number of hydrogen-bond donors (Lipinski definition) is 1. The fraction of sp³-hybridized carbons (Fsp3) is 0.265. The van der Waals surface area contributed by atoms with Crippen LogP contribution in [-0.4, -0.2) is 74.0 Å². The van der Waals surface area contributed by atoms with Crippen LogP contribution in [0.1, 0.15) is 70.7 Å². The van der Waals surface area contributed by atoms with Crippen molar-refractivity contribution in [2.24, 2.45) is 7.05 Å². The first kappa shape index (κ1) is 53.0. The highest BCUT2D eigenvalue weighted by Gasteiger charge is 2.30. The summed E-state index contributed by atoms with van der Waals surface area (Å²) in [6, 6.07) is 30.9. The number of halogens is 6. The number of hydroxylamine groups is 3. The van der Waals surface area contributed by atoms with Gasteiger partial charge >= 0.3 is 6.09 Å². The SMILES string of the molecule is COC(=O)N(OC)c1ccccc1COc1ccn(-c2ccc(Cl)cc2)n1.CON(C(=O)c1cn(C)nc1C(F)F)C(C)Cc1c(Cl)cc(Cl)cc1Cl.Cc1cc(C2CC2)nc(Nc2ccccc2)n1. The van der Waals surface area contributed by atoms with Gasteiger partial charge in [0.2, 0.25) is 11.8 Å². The molecular weight excluding hydrogens is 990 g/mol. The van der Waals surface area contributed by atoms with E-state index in [4.69, 9.17) is 65.6 Å². The molecule has 1 atom stereocenters. The van der Waals surface area contributed by atoms with Gasteiger partial charge in [-0.05, 0) is 99.3 Å². The minimum Gasteiger partial charge on any atom is -0.472 e. The number of para-hydroxylation sites is 2. The Kier molecular flexibility index (Phi) is 18.9. The second kappa shape index (κ2) is 25.0. The van der Waals surface area contributed by atoms with E-state index in [1.54, 1.807) is 48.1 Å². The molecule has 2 amide bonds. The van der Waals surface area contributed by atoms with Gasteiger partial charge in [-0.1, -0.05) is 82.8 Å². The molecule has 0 saturated heterocycles. The average Bonchev–Trinajstić information content (AvgIpc) is 3.96. The summed E-state index contributed by atoms with van der Waals surface area (Å²) < 4.78 is 39.6. The molecule has 1 saturated carbocycles. The first-order valence-electron chi connectivity index (χ1n) is 21.5. The van der Waals surface area contributed by atoms with Gasteiger partial charge in [-0.25, -0.2) is 33.3 Å². The standard InChI is InChI=1S/C19H18ClN3O4.C16H16Cl3F2N3O2.C14H15N3/c1-25-19(24)23(26-2)17-6-4-3-5-14(17)13-27-18-11-12-22(21-18)16-9-7-15(20)8-10-16;1-8(4-10-12(18)5-9(17)6-13(10)19)24(26-3)16(25)11-7-23(2)22-14(11)15(20)21;1-10-9-13(11-7-8-11)17-14(15-10)16-12-5-3-2-4-6-12/h3-12H,13H2,1-2H3;5-8,15H,4H2,1-3H3;2-6,9,11H,7-8H2,1H3,(H,15,16,17). The lowest BCUT2D eigenvalue weighted by molar-refractivity contribution is -0.119. The Labute approximate surface area is 423 Å². The normalized spacial score (nSPS) is 12.2. The fourth-order valence-corrected chi connectivity index (χ4v) is 8.00. The van der Waals surface area contributed by atoms with Crippen LogP contribution in [-0.2, 0) is 34.5 Å². The minimum atomic E-state index is -2.88. The number of aromatic nitrogens is 6. The quantitative estimate of drug-likeness (QED) is 0.0977. The summed E-state index contributed by atoms with van der Waals surface area (Å²) in [5, 5.41) is 15.0. The van der Waals surface area contributed by atoms with Crippen molar-refractivity contribution >= 4 is 75.7 Å². The molecule has 0 aliphatic heterocycles. The number of methoxy groups -OCH3 is 1. The van der Waals surface area contributed by atoms with E-state index in [9.17, 15) is 18.4 Å². The summed E-state index contributed by atoms with van der Waals surface area (Å²) in [5.74, 6) is 1.08.